The third kappa shape index (κ3) is 2.78. The van der Waals surface area contributed by atoms with E-state index in [-0.39, 0.29) is 5.78 Å². The first kappa shape index (κ1) is 16.5. The molecule has 1 aliphatic heterocycles. The minimum atomic E-state index is -0.484. The first-order valence-electron chi connectivity index (χ1n) is 8.16. The molecule has 1 N–H and O–H groups in total. The van der Waals surface area contributed by atoms with Gasteiger partial charge >= 0.3 is 0 Å². The molecule has 3 rings (SSSR count). The summed E-state index contributed by atoms with van der Waals surface area (Å²) in [5.41, 5.74) is 2.51. The van der Waals surface area contributed by atoms with Gasteiger partial charge in [-0.3, -0.25) is 4.79 Å². The van der Waals surface area contributed by atoms with Gasteiger partial charge in [-0.15, -0.1) is 0 Å². The molecule has 1 aliphatic rings. The molecule has 0 aromatic heterocycles. The highest BCUT2D eigenvalue weighted by Crippen LogP contribution is 2.33. The number of hydrogen-bond acceptors (Lipinski definition) is 3. The second kappa shape index (κ2) is 6.29. The number of hydrogen-bond donors (Lipinski definition) is 1. The maximum absolute atomic E-state index is 13.1. The summed E-state index contributed by atoms with van der Waals surface area (Å²) in [5.74, 6) is 1.42. The van der Waals surface area contributed by atoms with Gasteiger partial charge in [0.25, 0.3) is 0 Å². The van der Waals surface area contributed by atoms with Crippen molar-refractivity contribution >= 4 is 5.78 Å². The van der Waals surface area contributed by atoms with Crippen LogP contribution in [0.4, 0.5) is 0 Å². The first-order chi connectivity index (χ1) is 11.5. The Kier molecular flexibility index (Phi) is 4.33. The monoisotopic (exact) mass is 326 g/mol. The van der Waals surface area contributed by atoms with E-state index < -0.39 is 5.54 Å². The Bertz CT molecular complexity index is 753. The predicted octanol–water partition coefficient (Wildman–Crippen LogP) is 2.26. The molecule has 2 aromatic rings. The van der Waals surface area contributed by atoms with Gasteiger partial charge in [-0.2, -0.15) is 0 Å². The van der Waals surface area contributed by atoms with Crippen molar-refractivity contribution in [1.29, 1.82) is 0 Å². The topological polar surface area (TPSA) is 40.0 Å². The molecule has 0 radical (unpaired) electrons. The molecule has 4 nitrogen and oxygen atoms in total. The molecule has 0 saturated heterocycles. The number of ketones is 1. The second-order valence-corrected chi connectivity index (χ2v) is 6.76. The number of carbonyl (C=O) groups excluding carboxylic acids is 1. The van der Waals surface area contributed by atoms with Gasteiger partial charge < -0.3 is 14.4 Å². The number of methoxy groups -OCH3 is 2. The van der Waals surface area contributed by atoms with E-state index in [4.69, 9.17) is 9.47 Å². The fraction of sp³-hybridized carbons (Fsp3) is 0.350. The van der Waals surface area contributed by atoms with Gasteiger partial charge in [0.15, 0.2) is 17.0 Å². The van der Waals surface area contributed by atoms with Crippen LogP contribution in [-0.4, -0.2) is 25.5 Å². The fourth-order valence-electron chi connectivity index (χ4n) is 3.35. The lowest BCUT2D eigenvalue weighted by atomic mass is 9.83. The maximum Gasteiger partial charge on any atom is 0.223 e. The Labute approximate surface area is 143 Å². The Hall–Kier alpha value is -2.33. The molecule has 0 aliphatic carbocycles. The van der Waals surface area contributed by atoms with Gasteiger partial charge in [0.2, 0.25) is 5.78 Å². The highest BCUT2D eigenvalue weighted by Gasteiger charge is 2.44. The highest BCUT2D eigenvalue weighted by atomic mass is 16.5. The van der Waals surface area contributed by atoms with E-state index in [0.717, 1.165) is 24.2 Å². The maximum atomic E-state index is 13.1. The normalized spacial score (nSPS) is 18.8. The molecule has 0 spiro atoms. The van der Waals surface area contributed by atoms with Crippen LogP contribution >= 0.6 is 0 Å². The lowest BCUT2D eigenvalue weighted by Gasteiger charge is -2.38. The molecule has 2 aromatic carbocycles. The third-order valence-corrected chi connectivity index (χ3v) is 4.97. The van der Waals surface area contributed by atoms with E-state index in [9.17, 15) is 4.79 Å². The van der Waals surface area contributed by atoms with Crippen LogP contribution in [0.5, 0.6) is 11.5 Å². The summed E-state index contributed by atoms with van der Waals surface area (Å²) in [6, 6.07) is 14.1. The van der Waals surface area contributed by atoms with E-state index in [2.05, 4.69) is 12.1 Å². The van der Waals surface area contributed by atoms with E-state index in [1.54, 1.807) is 14.2 Å². The Morgan fingerprint density at radius 3 is 2.29 bits per heavy atom. The number of carbonyl (C=O) groups is 1. The second-order valence-electron chi connectivity index (χ2n) is 6.76. The largest absolute Gasteiger partial charge is 0.493 e. The molecular formula is C20H24NO3+. The summed E-state index contributed by atoms with van der Waals surface area (Å²) in [6.45, 7) is 5.64. The summed E-state index contributed by atoms with van der Waals surface area (Å²) in [5, 5.41) is 0. The lowest BCUT2D eigenvalue weighted by molar-refractivity contribution is -0.965. The van der Waals surface area contributed by atoms with Crippen LogP contribution in [0.25, 0.3) is 0 Å². The van der Waals surface area contributed by atoms with Crippen LogP contribution in [0.15, 0.2) is 42.5 Å². The molecule has 0 saturated carbocycles. The van der Waals surface area contributed by atoms with Crippen molar-refractivity contribution in [2.75, 3.05) is 14.2 Å². The van der Waals surface area contributed by atoms with Crippen LogP contribution in [0.3, 0.4) is 0 Å². The number of nitrogens with one attached hydrogen (secondary N) is 1. The average Bonchev–Trinajstić information content (AvgIpc) is 2.59. The van der Waals surface area contributed by atoms with Crippen molar-refractivity contribution in [1.82, 2.24) is 0 Å². The van der Waals surface area contributed by atoms with Crippen molar-refractivity contribution in [2.45, 2.75) is 32.5 Å². The quantitative estimate of drug-likeness (QED) is 0.937. The smallest absolute Gasteiger partial charge is 0.223 e. The minimum absolute atomic E-state index is 0.149. The van der Waals surface area contributed by atoms with Crippen LogP contribution in [0, 0.1) is 0 Å². The summed E-state index contributed by atoms with van der Waals surface area (Å²) >= 11 is 0. The molecular weight excluding hydrogens is 302 g/mol. The molecule has 1 unspecified atom stereocenters. The molecule has 1 heterocycles. The van der Waals surface area contributed by atoms with Crippen LogP contribution in [0.2, 0.25) is 0 Å². The van der Waals surface area contributed by atoms with Gasteiger partial charge in [0, 0.05) is 16.7 Å². The molecule has 1 atom stereocenters. The number of Topliss-reactive ketones (excluding diaryl/α,β-unsaturated/α-hetero) is 1. The van der Waals surface area contributed by atoms with Gasteiger partial charge in [-0.05, 0) is 26.0 Å². The minimum Gasteiger partial charge on any atom is -0.493 e. The van der Waals surface area contributed by atoms with Gasteiger partial charge in [0.1, 0.15) is 13.1 Å². The van der Waals surface area contributed by atoms with Crippen molar-refractivity contribution < 1.29 is 19.2 Å². The summed E-state index contributed by atoms with van der Waals surface area (Å²) < 4.78 is 10.8. The zero-order chi connectivity index (χ0) is 17.3. The van der Waals surface area contributed by atoms with Crippen molar-refractivity contribution in [3.05, 3.63) is 59.2 Å². The molecule has 24 heavy (non-hydrogen) atoms. The zero-order valence-corrected chi connectivity index (χ0v) is 14.7. The number of benzene rings is 2. The highest BCUT2D eigenvalue weighted by molar-refractivity contribution is 6.04. The molecule has 126 valence electrons. The predicted molar refractivity (Wildman–Crippen MR) is 92.8 cm³/mol. The fourth-order valence-corrected chi connectivity index (χ4v) is 3.35. The number of ether oxygens (including phenoxy) is 2. The molecule has 0 amide bonds. The standard InChI is InChI=1S/C20H23NO3/c1-20(2)19(22)16-11-18(24-4)17(23-3)10-15(16)13-21(20)12-14-8-6-5-7-9-14/h5-11H,12-13H2,1-4H3/p+1. The Morgan fingerprint density at radius 1 is 1.04 bits per heavy atom. The summed E-state index contributed by atoms with van der Waals surface area (Å²) in [4.78, 5) is 14.3. The van der Waals surface area contributed by atoms with Gasteiger partial charge in [0.05, 0.1) is 14.2 Å². The van der Waals surface area contributed by atoms with E-state index in [1.165, 1.54) is 10.5 Å². The van der Waals surface area contributed by atoms with Gasteiger partial charge in [-0.1, -0.05) is 30.3 Å². The lowest BCUT2D eigenvalue weighted by Crippen LogP contribution is -3.19. The molecule has 0 fully saturated rings. The van der Waals surface area contributed by atoms with Crippen molar-refractivity contribution in [2.24, 2.45) is 0 Å². The number of quaternary nitrogens is 1. The first-order valence-corrected chi connectivity index (χ1v) is 8.16. The number of fused-ring (bicyclic) bond motifs is 1. The van der Waals surface area contributed by atoms with Crippen LogP contribution in [0.1, 0.15) is 35.3 Å². The third-order valence-electron chi connectivity index (χ3n) is 4.97. The number of rotatable bonds is 4. The zero-order valence-electron chi connectivity index (χ0n) is 14.7. The van der Waals surface area contributed by atoms with Crippen LogP contribution < -0.4 is 14.4 Å². The van der Waals surface area contributed by atoms with Crippen LogP contribution in [-0.2, 0) is 13.1 Å². The van der Waals surface area contributed by atoms with E-state index >= 15 is 0 Å². The average molecular weight is 326 g/mol. The van der Waals surface area contributed by atoms with E-state index in [0.29, 0.717) is 11.5 Å². The summed E-state index contributed by atoms with van der Waals surface area (Å²) in [7, 11) is 3.21. The SMILES string of the molecule is COc1cc2c(cc1OC)C(=O)C(C)(C)[NH+](Cc1ccccc1)C2. The Balaban J connectivity index is 2.00. The van der Waals surface area contributed by atoms with Crippen molar-refractivity contribution in [3.8, 4) is 11.5 Å². The van der Waals surface area contributed by atoms with Crippen molar-refractivity contribution in [3.63, 3.8) is 0 Å². The Morgan fingerprint density at radius 2 is 1.67 bits per heavy atom. The summed E-state index contributed by atoms with van der Waals surface area (Å²) in [6.07, 6.45) is 0. The van der Waals surface area contributed by atoms with E-state index in [1.807, 2.05) is 44.2 Å². The van der Waals surface area contributed by atoms with Gasteiger partial charge in [-0.25, -0.2) is 0 Å². The molecule has 0 bridgehead atoms. The molecule has 4 heteroatoms.